The van der Waals surface area contributed by atoms with Gasteiger partial charge in [-0.2, -0.15) is 0 Å². The van der Waals surface area contributed by atoms with Gasteiger partial charge in [0.05, 0.1) is 0 Å². The van der Waals surface area contributed by atoms with Crippen molar-refractivity contribution in [2.45, 2.75) is 33.2 Å². The SMILES string of the molecule is Cc1ccc2c(c1)CCN(C(=O)[C@@H]1C[C@H]1C)C2. The Morgan fingerprint density at radius 2 is 2.12 bits per heavy atom. The van der Waals surface area contributed by atoms with Crippen LogP contribution < -0.4 is 0 Å². The van der Waals surface area contributed by atoms with Gasteiger partial charge in [0, 0.05) is 19.0 Å². The van der Waals surface area contributed by atoms with Crippen LogP contribution in [0, 0.1) is 18.8 Å². The molecule has 1 aliphatic heterocycles. The molecule has 17 heavy (non-hydrogen) atoms. The molecule has 2 atom stereocenters. The van der Waals surface area contributed by atoms with Crippen molar-refractivity contribution in [3.8, 4) is 0 Å². The van der Waals surface area contributed by atoms with Crippen molar-refractivity contribution in [3.05, 3.63) is 34.9 Å². The molecule has 0 saturated heterocycles. The van der Waals surface area contributed by atoms with Gasteiger partial charge in [0.1, 0.15) is 0 Å². The van der Waals surface area contributed by atoms with Crippen LogP contribution in [0.15, 0.2) is 18.2 Å². The molecule has 1 fully saturated rings. The van der Waals surface area contributed by atoms with Gasteiger partial charge in [0.25, 0.3) is 0 Å². The Bertz CT molecular complexity index is 466. The van der Waals surface area contributed by atoms with E-state index in [1.807, 2.05) is 4.90 Å². The summed E-state index contributed by atoms with van der Waals surface area (Å²) in [7, 11) is 0. The van der Waals surface area contributed by atoms with E-state index in [4.69, 9.17) is 0 Å². The average molecular weight is 229 g/mol. The summed E-state index contributed by atoms with van der Waals surface area (Å²) < 4.78 is 0. The fraction of sp³-hybridized carbons (Fsp3) is 0.533. The fourth-order valence-electron chi connectivity index (χ4n) is 2.77. The van der Waals surface area contributed by atoms with Gasteiger partial charge in [-0.1, -0.05) is 30.7 Å². The summed E-state index contributed by atoms with van der Waals surface area (Å²) in [5.74, 6) is 1.31. The van der Waals surface area contributed by atoms with Crippen LogP contribution in [0.5, 0.6) is 0 Å². The van der Waals surface area contributed by atoms with Crippen molar-refractivity contribution in [2.75, 3.05) is 6.54 Å². The molecule has 1 aromatic rings. The van der Waals surface area contributed by atoms with E-state index in [1.54, 1.807) is 0 Å². The number of carbonyl (C=O) groups excluding carboxylic acids is 1. The largest absolute Gasteiger partial charge is 0.338 e. The average Bonchev–Trinajstić information content (AvgIpc) is 3.05. The minimum absolute atomic E-state index is 0.321. The Labute approximate surface area is 103 Å². The molecule has 0 spiro atoms. The third-order valence-electron chi connectivity index (χ3n) is 4.11. The molecule has 0 unspecified atom stereocenters. The zero-order chi connectivity index (χ0) is 12.0. The molecule has 3 rings (SSSR count). The van der Waals surface area contributed by atoms with Crippen LogP contribution in [0.3, 0.4) is 0 Å². The van der Waals surface area contributed by atoms with Gasteiger partial charge < -0.3 is 4.90 Å². The maximum Gasteiger partial charge on any atom is 0.226 e. The Kier molecular flexibility index (Phi) is 2.46. The van der Waals surface area contributed by atoms with Crippen molar-refractivity contribution in [1.82, 2.24) is 4.90 Å². The third kappa shape index (κ3) is 1.97. The summed E-state index contributed by atoms with van der Waals surface area (Å²) in [4.78, 5) is 14.2. The molecule has 1 amide bonds. The second-order valence-electron chi connectivity index (χ2n) is 5.60. The van der Waals surface area contributed by atoms with Crippen LogP contribution in [-0.2, 0) is 17.8 Å². The molecule has 0 radical (unpaired) electrons. The molecule has 0 aromatic heterocycles. The van der Waals surface area contributed by atoms with E-state index >= 15 is 0 Å². The van der Waals surface area contributed by atoms with Gasteiger partial charge in [-0.15, -0.1) is 0 Å². The number of carbonyl (C=O) groups is 1. The highest BCUT2D eigenvalue weighted by Crippen LogP contribution is 2.40. The summed E-state index contributed by atoms with van der Waals surface area (Å²) in [6.07, 6.45) is 2.11. The maximum absolute atomic E-state index is 12.2. The molecular weight excluding hydrogens is 210 g/mol. The molecule has 1 aromatic carbocycles. The molecule has 1 heterocycles. The molecule has 2 aliphatic rings. The van der Waals surface area contributed by atoms with Crippen LogP contribution in [0.2, 0.25) is 0 Å². The van der Waals surface area contributed by atoms with Gasteiger partial charge in [-0.3, -0.25) is 4.79 Å². The van der Waals surface area contributed by atoms with E-state index in [-0.39, 0.29) is 0 Å². The molecule has 2 heteroatoms. The molecule has 1 aliphatic carbocycles. The minimum atomic E-state index is 0.321. The number of hydrogen-bond acceptors (Lipinski definition) is 1. The maximum atomic E-state index is 12.2. The van der Waals surface area contributed by atoms with Gasteiger partial charge in [0.2, 0.25) is 5.91 Å². The quantitative estimate of drug-likeness (QED) is 0.724. The number of hydrogen-bond donors (Lipinski definition) is 0. The van der Waals surface area contributed by atoms with Crippen molar-refractivity contribution in [1.29, 1.82) is 0 Å². The van der Waals surface area contributed by atoms with Gasteiger partial charge >= 0.3 is 0 Å². The highest BCUT2D eigenvalue weighted by molar-refractivity contribution is 5.81. The standard InChI is InChI=1S/C15H19NO/c1-10-3-4-13-9-16(6-5-12(13)7-10)15(17)14-8-11(14)2/h3-4,7,11,14H,5-6,8-9H2,1-2H3/t11-,14-/m1/s1. The highest BCUT2D eigenvalue weighted by Gasteiger charge is 2.41. The first-order chi connectivity index (χ1) is 8.15. The van der Waals surface area contributed by atoms with Gasteiger partial charge in [-0.25, -0.2) is 0 Å². The Hall–Kier alpha value is -1.31. The second-order valence-corrected chi connectivity index (χ2v) is 5.60. The van der Waals surface area contributed by atoms with Crippen molar-refractivity contribution >= 4 is 5.91 Å². The Morgan fingerprint density at radius 3 is 2.82 bits per heavy atom. The van der Waals surface area contributed by atoms with Crippen LogP contribution in [0.25, 0.3) is 0 Å². The second kappa shape index (κ2) is 3.86. The summed E-state index contributed by atoms with van der Waals surface area (Å²) >= 11 is 0. The number of fused-ring (bicyclic) bond motifs is 1. The van der Waals surface area contributed by atoms with E-state index in [0.717, 1.165) is 25.9 Å². The molecule has 2 nitrogen and oxygen atoms in total. The number of benzene rings is 1. The number of rotatable bonds is 1. The first-order valence-electron chi connectivity index (χ1n) is 6.52. The van der Waals surface area contributed by atoms with E-state index in [1.165, 1.54) is 16.7 Å². The first-order valence-corrected chi connectivity index (χ1v) is 6.52. The summed E-state index contributed by atoms with van der Waals surface area (Å²) in [5, 5.41) is 0. The van der Waals surface area contributed by atoms with E-state index in [0.29, 0.717) is 17.7 Å². The van der Waals surface area contributed by atoms with Crippen LogP contribution in [0.4, 0.5) is 0 Å². The lowest BCUT2D eigenvalue weighted by Crippen LogP contribution is -2.37. The summed E-state index contributed by atoms with van der Waals surface area (Å²) in [6, 6.07) is 6.59. The lowest BCUT2D eigenvalue weighted by atomic mass is 9.97. The zero-order valence-electron chi connectivity index (χ0n) is 10.6. The monoisotopic (exact) mass is 229 g/mol. The van der Waals surface area contributed by atoms with Crippen molar-refractivity contribution < 1.29 is 4.79 Å². The third-order valence-corrected chi connectivity index (χ3v) is 4.11. The lowest BCUT2D eigenvalue weighted by molar-refractivity contribution is -0.133. The van der Waals surface area contributed by atoms with Gasteiger partial charge in [0.15, 0.2) is 0 Å². The van der Waals surface area contributed by atoms with Crippen LogP contribution in [0.1, 0.15) is 30.0 Å². The Balaban J connectivity index is 1.76. The number of aryl methyl sites for hydroxylation is 1. The van der Waals surface area contributed by atoms with Crippen molar-refractivity contribution in [3.63, 3.8) is 0 Å². The molecule has 1 saturated carbocycles. The highest BCUT2D eigenvalue weighted by atomic mass is 16.2. The molecular formula is C15H19NO. The number of amides is 1. The lowest BCUT2D eigenvalue weighted by Gasteiger charge is -2.29. The van der Waals surface area contributed by atoms with E-state index in [2.05, 4.69) is 32.0 Å². The topological polar surface area (TPSA) is 20.3 Å². The predicted octanol–water partition coefficient (Wildman–Crippen LogP) is 2.54. The van der Waals surface area contributed by atoms with Crippen molar-refractivity contribution in [2.24, 2.45) is 11.8 Å². The fourth-order valence-corrected chi connectivity index (χ4v) is 2.77. The first kappa shape index (κ1) is 10.8. The zero-order valence-corrected chi connectivity index (χ0v) is 10.6. The van der Waals surface area contributed by atoms with E-state index < -0.39 is 0 Å². The Morgan fingerprint density at radius 1 is 1.35 bits per heavy atom. The minimum Gasteiger partial charge on any atom is -0.338 e. The smallest absolute Gasteiger partial charge is 0.226 e. The molecule has 0 N–H and O–H groups in total. The normalized spacial score (nSPS) is 26.6. The summed E-state index contributed by atoms with van der Waals surface area (Å²) in [5.41, 5.74) is 4.08. The molecule has 90 valence electrons. The summed E-state index contributed by atoms with van der Waals surface area (Å²) in [6.45, 7) is 6.02. The van der Waals surface area contributed by atoms with Crippen LogP contribution >= 0.6 is 0 Å². The van der Waals surface area contributed by atoms with E-state index in [9.17, 15) is 4.79 Å². The molecule has 0 bridgehead atoms. The van der Waals surface area contributed by atoms with Gasteiger partial charge in [-0.05, 0) is 36.8 Å². The van der Waals surface area contributed by atoms with Crippen LogP contribution in [-0.4, -0.2) is 17.4 Å². The number of nitrogens with zero attached hydrogens (tertiary/aromatic N) is 1. The predicted molar refractivity (Wildman–Crippen MR) is 67.6 cm³/mol.